The lowest BCUT2D eigenvalue weighted by molar-refractivity contribution is -0.124. The van der Waals surface area contributed by atoms with Crippen LogP contribution in [0.25, 0.3) is 0 Å². The van der Waals surface area contributed by atoms with Crippen LogP contribution in [0.2, 0.25) is 0 Å². The normalized spacial score (nSPS) is 25.1. The summed E-state index contributed by atoms with van der Waals surface area (Å²) in [5.41, 5.74) is 4.78. The molecule has 1 spiro atoms. The molecule has 1 saturated heterocycles. The Morgan fingerprint density at radius 3 is 2.52 bits per heavy atom. The zero-order valence-corrected chi connectivity index (χ0v) is 20.4. The first-order valence-corrected chi connectivity index (χ1v) is 12.3. The summed E-state index contributed by atoms with van der Waals surface area (Å²) in [6.45, 7) is 10.5. The lowest BCUT2D eigenvalue weighted by Crippen LogP contribution is -2.56. The van der Waals surface area contributed by atoms with Crippen molar-refractivity contribution in [3.63, 3.8) is 0 Å². The number of hydrogen-bond donors (Lipinski definition) is 0. The van der Waals surface area contributed by atoms with Gasteiger partial charge >= 0.3 is 5.97 Å². The Morgan fingerprint density at radius 1 is 1.15 bits per heavy atom. The minimum atomic E-state index is -1.14. The highest BCUT2D eigenvalue weighted by atomic mass is 32.2. The van der Waals surface area contributed by atoms with Crippen molar-refractivity contribution < 1.29 is 19.1 Å². The highest BCUT2D eigenvalue weighted by Crippen LogP contribution is 2.61. The van der Waals surface area contributed by atoms with Gasteiger partial charge in [-0.3, -0.25) is 14.5 Å². The van der Waals surface area contributed by atoms with Gasteiger partial charge in [0.05, 0.1) is 23.6 Å². The second kappa shape index (κ2) is 7.35. The summed E-state index contributed by atoms with van der Waals surface area (Å²) in [7, 11) is 0. The van der Waals surface area contributed by atoms with E-state index in [2.05, 4.69) is 32.9 Å². The Hall–Kier alpha value is -2.80. The van der Waals surface area contributed by atoms with E-state index < -0.39 is 10.8 Å². The second-order valence-electron chi connectivity index (χ2n) is 9.74. The number of benzene rings is 2. The topological polar surface area (TPSA) is 66.9 Å². The molecule has 5 rings (SSSR count). The molecule has 0 bridgehead atoms. The minimum Gasteiger partial charge on any atom is -0.462 e. The van der Waals surface area contributed by atoms with Crippen LogP contribution < -0.4 is 9.80 Å². The van der Waals surface area contributed by atoms with Crippen LogP contribution >= 0.6 is 11.8 Å². The summed E-state index contributed by atoms with van der Waals surface area (Å²) in [6.07, 6.45) is 0.859. The SMILES string of the molecule is CCOC(=O)c1ccc(N2C(=O)CS[C@]23C(=O)N2c4c(cc(C)cc43)[C@@H](C)CC2(C)C)cc1. The van der Waals surface area contributed by atoms with Crippen LogP contribution in [0.15, 0.2) is 36.4 Å². The van der Waals surface area contributed by atoms with Crippen LogP contribution in [0.5, 0.6) is 0 Å². The highest BCUT2D eigenvalue weighted by molar-refractivity contribution is 8.02. The van der Waals surface area contributed by atoms with Gasteiger partial charge < -0.3 is 9.64 Å². The fourth-order valence-corrected chi connectivity index (χ4v) is 7.02. The van der Waals surface area contributed by atoms with Crippen LogP contribution in [0.3, 0.4) is 0 Å². The molecule has 3 aliphatic heterocycles. The Bertz CT molecular complexity index is 1190. The maximum Gasteiger partial charge on any atom is 0.338 e. The largest absolute Gasteiger partial charge is 0.462 e. The van der Waals surface area contributed by atoms with E-state index in [1.165, 1.54) is 17.3 Å². The van der Waals surface area contributed by atoms with Crippen LogP contribution in [0.4, 0.5) is 11.4 Å². The van der Waals surface area contributed by atoms with E-state index in [0.717, 1.165) is 23.2 Å². The maximum atomic E-state index is 14.3. The molecule has 0 aliphatic carbocycles. The zero-order chi connectivity index (χ0) is 23.7. The van der Waals surface area contributed by atoms with Crippen molar-refractivity contribution in [2.75, 3.05) is 22.2 Å². The Labute approximate surface area is 198 Å². The number of fused-ring (bicyclic) bond motifs is 1. The number of esters is 1. The van der Waals surface area contributed by atoms with Gasteiger partial charge in [0.15, 0.2) is 0 Å². The van der Waals surface area contributed by atoms with Gasteiger partial charge in [0.25, 0.3) is 5.91 Å². The molecule has 0 N–H and O–H groups in total. The van der Waals surface area contributed by atoms with Gasteiger partial charge in [-0.1, -0.05) is 24.6 Å². The number of hydrogen-bond acceptors (Lipinski definition) is 5. The molecule has 0 saturated carbocycles. The van der Waals surface area contributed by atoms with E-state index in [0.29, 0.717) is 23.8 Å². The first kappa shape index (κ1) is 22.0. The number of nitrogens with zero attached hydrogens (tertiary/aromatic N) is 2. The molecule has 2 aromatic rings. The van der Waals surface area contributed by atoms with Crippen molar-refractivity contribution in [2.45, 2.75) is 57.4 Å². The molecule has 0 unspecified atom stereocenters. The van der Waals surface area contributed by atoms with Gasteiger partial charge in [0.2, 0.25) is 10.8 Å². The first-order chi connectivity index (χ1) is 15.6. The molecule has 2 amide bonds. The van der Waals surface area contributed by atoms with Crippen molar-refractivity contribution in [1.82, 2.24) is 0 Å². The van der Waals surface area contributed by atoms with Gasteiger partial charge in [-0.05, 0) is 69.9 Å². The Balaban J connectivity index is 1.69. The van der Waals surface area contributed by atoms with Crippen molar-refractivity contribution >= 4 is 40.9 Å². The third-order valence-electron chi connectivity index (χ3n) is 6.91. The van der Waals surface area contributed by atoms with Crippen molar-refractivity contribution in [3.8, 4) is 0 Å². The zero-order valence-electron chi connectivity index (χ0n) is 19.6. The van der Waals surface area contributed by atoms with Crippen molar-refractivity contribution in [1.29, 1.82) is 0 Å². The third-order valence-corrected chi connectivity index (χ3v) is 8.30. The second-order valence-corrected chi connectivity index (χ2v) is 10.9. The van der Waals surface area contributed by atoms with Gasteiger partial charge in [0.1, 0.15) is 0 Å². The van der Waals surface area contributed by atoms with Crippen LogP contribution in [0, 0.1) is 6.92 Å². The summed E-state index contributed by atoms with van der Waals surface area (Å²) in [6, 6.07) is 11.0. The molecule has 6 nitrogen and oxygen atoms in total. The predicted molar refractivity (Wildman–Crippen MR) is 130 cm³/mol. The lowest BCUT2D eigenvalue weighted by Gasteiger charge is -2.44. The molecule has 3 aliphatic rings. The lowest BCUT2D eigenvalue weighted by atomic mass is 9.80. The predicted octanol–water partition coefficient (Wildman–Crippen LogP) is 4.74. The number of aryl methyl sites for hydroxylation is 1. The molecule has 0 radical (unpaired) electrons. The molecule has 172 valence electrons. The average molecular weight is 465 g/mol. The molecular weight excluding hydrogens is 436 g/mol. The van der Waals surface area contributed by atoms with E-state index >= 15 is 0 Å². The van der Waals surface area contributed by atoms with E-state index in [1.54, 1.807) is 36.1 Å². The summed E-state index contributed by atoms with van der Waals surface area (Å²) in [5, 5.41) is 0. The highest BCUT2D eigenvalue weighted by Gasteiger charge is 2.64. The Morgan fingerprint density at radius 2 is 1.85 bits per heavy atom. The molecule has 0 aromatic heterocycles. The summed E-state index contributed by atoms with van der Waals surface area (Å²) in [4.78, 5) is 42.1. The van der Waals surface area contributed by atoms with Crippen molar-refractivity contribution in [2.24, 2.45) is 0 Å². The van der Waals surface area contributed by atoms with E-state index in [4.69, 9.17) is 4.74 Å². The summed E-state index contributed by atoms with van der Waals surface area (Å²) >= 11 is 1.39. The summed E-state index contributed by atoms with van der Waals surface area (Å²) < 4.78 is 5.08. The van der Waals surface area contributed by atoms with Gasteiger partial charge in [-0.15, -0.1) is 11.8 Å². The average Bonchev–Trinajstić information content (AvgIpc) is 3.23. The van der Waals surface area contributed by atoms with E-state index in [9.17, 15) is 14.4 Å². The monoisotopic (exact) mass is 464 g/mol. The maximum absolute atomic E-state index is 14.3. The standard InChI is InChI=1S/C26H28N2O4S/c1-6-32-23(30)17-7-9-18(10-8-17)27-21(29)14-33-26(27)20-12-15(2)11-19-16(3)13-25(4,5)28(22(19)20)24(26)31/h7-12,16H,6,13-14H2,1-5H3/t16-,26+/m0/s1. The van der Waals surface area contributed by atoms with Gasteiger partial charge in [0, 0.05) is 16.8 Å². The fraction of sp³-hybridized carbons (Fsp3) is 0.423. The molecule has 1 fully saturated rings. The number of carbonyl (C=O) groups is 3. The van der Waals surface area contributed by atoms with E-state index in [1.807, 2.05) is 11.8 Å². The minimum absolute atomic E-state index is 0.0634. The van der Waals surface area contributed by atoms with Crippen LogP contribution in [-0.2, 0) is 19.2 Å². The fourth-order valence-electron chi connectivity index (χ4n) is 5.70. The van der Waals surface area contributed by atoms with Crippen LogP contribution in [-0.4, -0.2) is 35.7 Å². The number of carbonyl (C=O) groups excluding carboxylic acids is 3. The molecule has 33 heavy (non-hydrogen) atoms. The molecule has 2 aromatic carbocycles. The van der Waals surface area contributed by atoms with Gasteiger partial charge in [-0.25, -0.2) is 4.79 Å². The quantitative estimate of drug-likeness (QED) is 0.614. The van der Waals surface area contributed by atoms with Crippen molar-refractivity contribution in [3.05, 3.63) is 58.7 Å². The smallest absolute Gasteiger partial charge is 0.338 e. The molecule has 2 atom stereocenters. The molecule has 7 heteroatoms. The number of rotatable bonds is 3. The first-order valence-electron chi connectivity index (χ1n) is 11.4. The van der Waals surface area contributed by atoms with E-state index in [-0.39, 0.29) is 23.1 Å². The number of thioether (sulfide) groups is 1. The number of anilines is 2. The van der Waals surface area contributed by atoms with Crippen LogP contribution in [0.1, 0.15) is 67.1 Å². The molecular formula is C26H28N2O4S. The third kappa shape index (κ3) is 2.98. The Kier molecular flexibility index (Phi) is 4.90. The molecule has 3 heterocycles. The van der Waals surface area contributed by atoms with Gasteiger partial charge in [-0.2, -0.15) is 0 Å². The number of ether oxygens (including phenoxy) is 1. The number of amides is 2. The summed E-state index contributed by atoms with van der Waals surface area (Å²) in [5.74, 6) is -0.0500.